The lowest BCUT2D eigenvalue weighted by molar-refractivity contribution is -0.140. The second-order valence-corrected chi connectivity index (χ2v) is 12.6. The summed E-state index contributed by atoms with van der Waals surface area (Å²) < 4.78 is 0. The van der Waals surface area contributed by atoms with Gasteiger partial charge >= 0.3 is 0 Å². The molecule has 3 aromatic rings. The molecule has 3 fully saturated rings. The van der Waals surface area contributed by atoms with E-state index in [1.54, 1.807) is 6.21 Å². The number of aryl methyl sites for hydroxylation is 1. The van der Waals surface area contributed by atoms with Crippen LogP contribution in [-0.4, -0.2) is 34.9 Å². The Balaban J connectivity index is 1.24. The minimum atomic E-state index is -1.13. The van der Waals surface area contributed by atoms with Crippen LogP contribution in [0.5, 0.6) is 0 Å². The lowest BCUT2D eigenvalue weighted by atomic mass is 9.47. The number of hydrazone groups is 1. The largest absolute Gasteiger partial charge is 0.274 e. The van der Waals surface area contributed by atoms with E-state index in [4.69, 9.17) is 0 Å². The first kappa shape index (κ1) is 24.0. The Morgan fingerprint density at radius 2 is 1.29 bits per heavy atom. The molecule has 0 N–H and O–H groups in total. The molecule has 5 aliphatic carbocycles. The molecule has 10 rings (SSSR count). The smallest absolute Gasteiger partial charge is 0.254 e. The van der Waals surface area contributed by atoms with Crippen LogP contribution in [0.4, 0.5) is 5.69 Å². The molecule has 0 spiro atoms. The summed E-state index contributed by atoms with van der Waals surface area (Å²) >= 11 is 0. The van der Waals surface area contributed by atoms with Crippen molar-refractivity contribution in [1.82, 2.24) is 5.01 Å². The van der Waals surface area contributed by atoms with Crippen LogP contribution in [0.25, 0.3) is 0 Å². The SMILES string of the molecule is Cc1ccc(N2C(=O)[C@@H]3C4c5ccccc5C(/C=N\N5C(=O)[C@@H]6[C@H](C5=O)[C@H]5C=C[C@H]6C5)(c5ccccc54)[C@@H]3C2=O)cc1. The number of carbonyl (C=O) groups is 4. The van der Waals surface area contributed by atoms with E-state index < -0.39 is 17.3 Å². The fourth-order valence-electron chi connectivity index (χ4n) is 9.15. The minimum Gasteiger partial charge on any atom is -0.274 e. The Morgan fingerprint density at radius 3 is 1.88 bits per heavy atom. The predicted octanol–water partition coefficient (Wildman–Crippen LogP) is 4.34. The maximum Gasteiger partial charge on any atom is 0.254 e. The van der Waals surface area contributed by atoms with Crippen molar-refractivity contribution in [2.45, 2.75) is 24.7 Å². The molecular formula is C35H27N3O4. The standard InChI is InChI=1S/C35H27N3O4/c1-18-10-14-21(15-11-18)37-31(39)29-28-22-6-2-4-8-24(22)35(30(29)34(37)42,25-9-5-3-7-23(25)28)17-36-38-32(40)26-19-12-13-20(16-19)27(26)33(38)41/h2-15,17,19-20,26-30H,16H2,1H3/b36-17-/t19-,20-,26-,27+,28?,29+,30-,35?/m0/s1. The number of carbonyl (C=O) groups excluding carboxylic acids is 4. The molecule has 6 atom stereocenters. The zero-order valence-corrected chi connectivity index (χ0v) is 22.9. The quantitative estimate of drug-likeness (QED) is 0.274. The van der Waals surface area contributed by atoms with Gasteiger partial charge in [0, 0.05) is 12.1 Å². The molecule has 42 heavy (non-hydrogen) atoms. The molecule has 7 heteroatoms. The van der Waals surface area contributed by atoms with E-state index in [2.05, 4.69) is 17.3 Å². The predicted molar refractivity (Wildman–Crippen MR) is 154 cm³/mol. The third kappa shape index (κ3) is 2.70. The minimum absolute atomic E-state index is 0.0721. The van der Waals surface area contributed by atoms with Crippen LogP contribution in [0.3, 0.4) is 0 Å². The summed E-state index contributed by atoms with van der Waals surface area (Å²) in [4.78, 5) is 57.3. The number of allylic oxidation sites excluding steroid dienone is 2. The van der Waals surface area contributed by atoms with Crippen LogP contribution in [0.2, 0.25) is 0 Å². The number of benzene rings is 3. The zero-order chi connectivity index (χ0) is 28.5. The normalized spacial score (nSPS) is 34.9. The van der Waals surface area contributed by atoms with Crippen molar-refractivity contribution in [2.24, 2.45) is 40.6 Å². The number of fused-ring (bicyclic) bond motifs is 5. The van der Waals surface area contributed by atoms with Crippen LogP contribution in [0.15, 0.2) is 90.0 Å². The van der Waals surface area contributed by atoms with Crippen molar-refractivity contribution in [3.05, 3.63) is 113 Å². The van der Waals surface area contributed by atoms with Gasteiger partial charge in [-0.05, 0) is 59.6 Å². The van der Waals surface area contributed by atoms with E-state index in [1.807, 2.05) is 79.7 Å². The zero-order valence-electron chi connectivity index (χ0n) is 22.9. The van der Waals surface area contributed by atoms with Crippen LogP contribution in [-0.2, 0) is 24.6 Å². The molecule has 1 saturated carbocycles. The van der Waals surface area contributed by atoms with Crippen molar-refractivity contribution in [3.63, 3.8) is 0 Å². The highest BCUT2D eigenvalue weighted by Crippen LogP contribution is 2.64. The van der Waals surface area contributed by atoms with E-state index in [1.165, 1.54) is 4.90 Å². The van der Waals surface area contributed by atoms with Gasteiger partial charge in [0.05, 0.1) is 34.8 Å². The third-order valence-electron chi connectivity index (χ3n) is 10.8. The lowest BCUT2D eigenvalue weighted by Gasteiger charge is -2.52. The molecule has 0 aromatic heterocycles. The van der Waals surface area contributed by atoms with E-state index in [9.17, 15) is 19.2 Å². The van der Waals surface area contributed by atoms with Crippen LogP contribution in [0, 0.1) is 42.4 Å². The van der Waals surface area contributed by atoms with Crippen molar-refractivity contribution in [3.8, 4) is 0 Å². The van der Waals surface area contributed by atoms with Gasteiger partial charge in [0.1, 0.15) is 0 Å². The number of imide groups is 2. The van der Waals surface area contributed by atoms with Crippen LogP contribution in [0.1, 0.15) is 40.2 Å². The first-order chi connectivity index (χ1) is 20.4. The first-order valence-corrected chi connectivity index (χ1v) is 14.7. The Kier molecular flexibility index (Phi) is 4.57. The Morgan fingerprint density at radius 1 is 0.714 bits per heavy atom. The maximum atomic E-state index is 14.5. The Labute approximate surface area is 242 Å². The summed E-state index contributed by atoms with van der Waals surface area (Å²) in [7, 11) is 0. The highest BCUT2D eigenvalue weighted by atomic mass is 16.2. The highest BCUT2D eigenvalue weighted by Gasteiger charge is 2.68. The summed E-state index contributed by atoms with van der Waals surface area (Å²) in [5, 5.41) is 5.73. The summed E-state index contributed by atoms with van der Waals surface area (Å²) in [6.07, 6.45) is 6.61. The average Bonchev–Trinajstić information content (AvgIpc) is 3.75. The molecule has 206 valence electrons. The number of rotatable bonds is 3. The van der Waals surface area contributed by atoms with E-state index >= 15 is 0 Å². The molecule has 2 heterocycles. The second-order valence-electron chi connectivity index (χ2n) is 12.6. The van der Waals surface area contributed by atoms with Gasteiger partial charge in [0.25, 0.3) is 11.8 Å². The molecule has 2 aliphatic heterocycles. The van der Waals surface area contributed by atoms with Crippen LogP contribution >= 0.6 is 0 Å². The molecule has 3 aromatic carbocycles. The third-order valence-corrected chi connectivity index (χ3v) is 10.8. The summed E-state index contributed by atoms with van der Waals surface area (Å²) in [6.45, 7) is 1.97. The molecule has 7 aliphatic rings. The van der Waals surface area contributed by atoms with Crippen molar-refractivity contribution in [2.75, 3.05) is 4.90 Å². The van der Waals surface area contributed by atoms with Gasteiger partial charge in [-0.15, -0.1) is 0 Å². The summed E-state index contributed by atoms with van der Waals surface area (Å²) in [5.41, 5.74) is 4.20. The van der Waals surface area contributed by atoms with Gasteiger partial charge in [-0.1, -0.05) is 78.4 Å². The Bertz CT molecular complexity index is 1750. The van der Waals surface area contributed by atoms with Gasteiger partial charge in [0.2, 0.25) is 11.8 Å². The lowest BCUT2D eigenvalue weighted by Crippen LogP contribution is -2.55. The fraction of sp³-hybridized carbons (Fsp3) is 0.286. The van der Waals surface area contributed by atoms with Crippen LogP contribution < -0.4 is 4.90 Å². The number of hydrogen-bond donors (Lipinski definition) is 0. The maximum absolute atomic E-state index is 14.5. The number of anilines is 1. The van der Waals surface area contributed by atoms with E-state index in [-0.39, 0.29) is 53.2 Å². The second kappa shape index (κ2) is 8.00. The molecule has 2 saturated heterocycles. The van der Waals surface area contributed by atoms with Gasteiger partial charge in [-0.3, -0.25) is 19.2 Å². The van der Waals surface area contributed by atoms with E-state index in [0.717, 1.165) is 39.2 Å². The molecular weight excluding hydrogens is 526 g/mol. The Hall–Kier alpha value is -4.65. The van der Waals surface area contributed by atoms with Gasteiger partial charge in [0.15, 0.2) is 0 Å². The molecule has 4 bridgehead atoms. The highest BCUT2D eigenvalue weighted by molar-refractivity contribution is 6.25. The van der Waals surface area contributed by atoms with Crippen molar-refractivity contribution in [1.29, 1.82) is 0 Å². The summed E-state index contributed by atoms with van der Waals surface area (Å²) in [5.74, 6) is -3.36. The molecule has 0 unspecified atom stereocenters. The van der Waals surface area contributed by atoms with E-state index in [0.29, 0.717) is 5.69 Å². The number of amides is 4. The number of hydrogen-bond acceptors (Lipinski definition) is 5. The summed E-state index contributed by atoms with van der Waals surface area (Å²) in [6, 6.07) is 23.3. The fourth-order valence-corrected chi connectivity index (χ4v) is 9.15. The van der Waals surface area contributed by atoms with Gasteiger partial charge in [-0.2, -0.15) is 10.1 Å². The number of nitrogens with zero attached hydrogens (tertiary/aromatic N) is 3. The topological polar surface area (TPSA) is 87.1 Å². The molecule has 7 nitrogen and oxygen atoms in total. The first-order valence-electron chi connectivity index (χ1n) is 14.7. The monoisotopic (exact) mass is 553 g/mol. The molecule has 4 amide bonds. The van der Waals surface area contributed by atoms with Crippen molar-refractivity contribution >= 4 is 35.5 Å². The molecule has 0 radical (unpaired) electrons. The van der Waals surface area contributed by atoms with Crippen molar-refractivity contribution < 1.29 is 19.2 Å². The van der Waals surface area contributed by atoms with Gasteiger partial charge < -0.3 is 0 Å². The van der Waals surface area contributed by atoms with Gasteiger partial charge in [-0.25, -0.2) is 4.90 Å². The average molecular weight is 554 g/mol.